The molecular formula is C20H29N5O3. The van der Waals surface area contributed by atoms with Gasteiger partial charge in [0.2, 0.25) is 0 Å². The van der Waals surface area contributed by atoms with Crippen molar-refractivity contribution < 1.29 is 14.6 Å². The third kappa shape index (κ3) is 5.22. The van der Waals surface area contributed by atoms with Crippen molar-refractivity contribution in [1.82, 2.24) is 20.1 Å². The largest absolute Gasteiger partial charge is 0.444 e. The van der Waals surface area contributed by atoms with E-state index in [9.17, 15) is 9.90 Å². The molecular weight excluding hydrogens is 358 g/mol. The topological polar surface area (TPSA) is 103 Å². The second-order valence-electron chi connectivity index (χ2n) is 8.14. The summed E-state index contributed by atoms with van der Waals surface area (Å²) in [7, 11) is 0. The number of aliphatic hydroxyl groups is 1. The molecule has 0 aromatic carbocycles. The lowest BCUT2D eigenvalue weighted by Crippen LogP contribution is -2.43. The first-order valence-electron chi connectivity index (χ1n) is 9.68. The molecule has 0 radical (unpaired) electrons. The Morgan fingerprint density at radius 1 is 1.36 bits per heavy atom. The number of carbonyl (C=O) groups excluding carboxylic acids is 1. The summed E-state index contributed by atoms with van der Waals surface area (Å²) >= 11 is 0. The Hall–Kier alpha value is -2.61. The molecule has 1 aliphatic heterocycles. The number of aromatic nitrogens is 3. The number of anilines is 2. The molecule has 0 unspecified atom stereocenters. The van der Waals surface area contributed by atoms with Crippen LogP contribution in [0.25, 0.3) is 0 Å². The Labute approximate surface area is 165 Å². The summed E-state index contributed by atoms with van der Waals surface area (Å²) in [5, 5.41) is 19.9. The van der Waals surface area contributed by atoms with Crippen molar-refractivity contribution in [1.29, 1.82) is 0 Å². The molecule has 3 rings (SSSR count). The van der Waals surface area contributed by atoms with E-state index in [-0.39, 0.29) is 24.5 Å². The molecule has 1 atom stereocenters. The number of rotatable bonds is 5. The zero-order chi connectivity index (χ0) is 20.1. The lowest BCUT2D eigenvalue weighted by atomic mass is 9.82. The first-order valence-corrected chi connectivity index (χ1v) is 9.68. The van der Waals surface area contributed by atoms with Crippen molar-refractivity contribution in [3.05, 3.63) is 36.2 Å². The maximum atomic E-state index is 12.3. The van der Waals surface area contributed by atoms with E-state index < -0.39 is 5.60 Å². The van der Waals surface area contributed by atoms with Crippen molar-refractivity contribution in [3.63, 3.8) is 0 Å². The average molecular weight is 387 g/mol. The minimum absolute atomic E-state index is 0.0254. The van der Waals surface area contributed by atoms with E-state index in [0.717, 1.165) is 24.4 Å². The molecule has 152 valence electrons. The highest BCUT2D eigenvalue weighted by atomic mass is 16.6. The predicted octanol–water partition coefficient (Wildman–Crippen LogP) is 3.27. The third-order valence-corrected chi connectivity index (χ3v) is 4.87. The molecule has 3 N–H and O–H groups in total. The Balaban J connectivity index is 1.62. The number of nitrogens with zero attached hydrogens (tertiary/aromatic N) is 3. The van der Waals surface area contributed by atoms with Crippen LogP contribution in [0.5, 0.6) is 0 Å². The summed E-state index contributed by atoms with van der Waals surface area (Å²) in [5.41, 5.74) is 0.357. The highest BCUT2D eigenvalue weighted by Crippen LogP contribution is 2.32. The van der Waals surface area contributed by atoms with Crippen LogP contribution in [0.2, 0.25) is 0 Å². The van der Waals surface area contributed by atoms with Crippen LogP contribution in [-0.4, -0.2) is 56.6 Å². The van der Waals surface area contributed by atoms with E-state index in [2.05, 4.69) is 20.5 Å². The van der Waals surface area contributed by atoms with Crippen molar-refractivity contribution in [2.24, 2.45) is 5.92 Å². The lowest BCUT2D eigenvalue weighted by molar-refractivity contribution is 0.0164. The fraction of sp³-hybridized carbons (Fsp3) is 0.550. The van der Waals surface area contributed by atoms with Gasteiger partial charge < -0.3 is 20.1 Å². The second kappa shape index (κ2) is 8.60. The minimum Gasteiger partial charge on any atom is -0.444 e. The highest BCUT2D eigenvalue weighted by Gasteiger charge is 2.31. The van der Waals surface area contributed by atoms with Crippen LogP contribution in [0.4, 0.5) is 16.4 Å². The van der Waals surface area contributed by atoms with Crippen molar-refractivity contribution in [2.75, 3.05) is 25.0 Å². The highest BCUT2D eigenvalue weighted by molar-refractivity contribution is 5.68. The Morgan fingerprint density at radius 2 is 2.11 bits per heavy atom. The lowest BCUT2D eigenvalue weighted by Gasteiger charge is -2.36. The number of aromatic amines is 1. The zero-order valence-electron chi connectivity index (χ0n) is 16.7. The number of aliphatic hydroxyl groups excluding tert-OH is 1. The van der Waals surface area contributed by atoms with Crippen LogP contribution in [0.3, 0.4) is 0 Å². The van der Waals surface area contributed by atoms with Gasteiger partial charge in [-0.2, -0.15) is 5.10 Å². The fourth-order valence-corrected chi connectivity index (χ4v) is 3.49. The fourth-order valence-electron chi connectivity index (χ4n) is 3.49. The number of hydrogen-bond acceptors (Lipinski definition) is 6. The molecule has 0 spiro atoms. The zero-order valence-corrected chi connectivity index (χ0v) is 16.7. The molecule has 0 bridgehead atoms. The van der Waals surface area contributed by atoms with Gasteiger partial charge in [-0.1, -0.05) is 6.07 Å². The molecule has 2 aromatic heterocycles. The first kappa shape index (κ1) is 20.1. The smallest absolute Gasteiger partial charge is 0.410 e. The molecule has 8 nitrogen and oxygen atoms in total. The van der Waals surface area contributed by atoms with Crippen LogP contribution in [0.15, 0.2) is 30.5 Å². The monoisotopic (exact) mass is 387 g/mol. The molecule has 1 aliphatic rings. The van der Waals surface area contributed by atoms with Gasteiger partial charge in [-0.3, -0.25) is 5.10 Å². The molecule has 3 heterocycles. The Bertz CT molecular complexity index is 764. The number of hydrogen-bond donors (Lipinski definition) is 3. The summed E-state index contributed by atoms with van der Waals surface area (Å²) < 4.78 is 5.46. The molecule has 1 fully saturated rings. The van der Waals surface area contributed by atoms with E-state index in [0.29, 0.717) is 18.9 Å². The Kier molecular flexibility index (Phi) is 6.18. The first-order chi connectivity index (χ1) is 13.4. The number of pyridine rings is 1. The molecule has 1 amide bonds. The Morgan fingerprint density at radius 3 is 2.71 bits per heavy atom. The quantitative estimate of drug-likeness (QED) is 0.727. The molecule has 0 saturated carbocycles. The molecule has 8 heteroatoms. The van der Waals surface area contributed by atoms with Gasteiger partial charge in [0.25, 0.3) is 0 Å². The maximum Gasteiger partial charge on any atom is 0.410 e. The summed E-state index contributed by atoms with van der Waals surface area (Å²) in [6, 6.07) is 7.58. The van der Waals surface area contributed by atoms with Gasteiger partial charge in [-0.15, -0.1) is 0 Å². The van der Waals surface area contributed by atoms with Gasteiger partial charge >= 0.3 is 6.09 Å². The summed E-state index contributed by atoms with van der Waals surface area (Å²) in [6.45, 7) is 6.89. The second-order valence-corrected chi connectivity index (χ2v) is 8.14. The van der Waals surface area contributed by atoms with Gasteiger partial charge in [0.1, 0.15) is 17.2 Å². The van der Waals surface area contributed by atoms with Gasteiger partial charge in [0.05, 0.1) is 12.8 Å². The van der Waals surface area contributed by atoms with E-state index >= 15 is 0 Å². The van der Waals surface area contributed by atoms with Gasteiger partial charge in [-0.05, 0) is 51.7 Å². The van der Waals surface area contributed by atoms with E-state index in [1.807, 2.05) is 45.0 Å². The minimum atomic E-state index is -0.492. The average Bonchev–Trinajstić information content (AvgIpc) is 3.15. The van der Waals surface area contributed by atoms with Crippen molar-refractivity contribution in [3.8, 4) is 0 Å². The number of nitrogens with one attached hydrogen (secondary N) is 2. The molecule has 1 saturated heterocycles. The summed E-state index contributed by atoms with van der Waals surface area (Å²) in [5.74, 6) is 1.66. The predicted molar refractivity (Wildman–Crippen MR) is 106 cm³/mol. The van der Waals surface area contributed by atoms with Crippen LogP contribution >= 0.6 is 0 Å². The van der Waals surface area contributed by atoms with E-state index in [1.165, 1.54) is 0 Å². The third-order valence-electron chi connectivity index (χ3n) is 4.87. The summed E-state index contributed by atoms with van der Waals surface area (Å²) in [4.78, 5) is 18.7. The van der Waals surface area contributed by atoms with Crippen molar-refractivity contribution >= 4 is 17.7 Å². The van der Waals surface area contributed by atoms with Gasteiger partial charge in [0.15, 0.2) is 0 Å². The maximum absolute atomic E-state index is 12.3. The number of H-pyrrole nitrogens is 1. The molecule has 2 aromatic rings. The van der Waals surface area contributed by atoms with E-state index in [1.54, 1.807) is 11.1 Å². The van der Waals surface area contributed by atoms with Gasteiger partial charge in [-0.25, -0.2) is 9.78 Å². The standard InChI is InChI=1S/C20H29N5O3/c1-20(2,3)28-19(27)25-11-8-14(9-12-25)15(13-26)16-5-4-6-17(22-16)23-18-7-10-21-24-18/h4-7,10,14-15,26H,8-9,11-13H2,1-3H3,(H2,21,22,23,24)/t15-/m0/s1. The molecule has 28 heavy (non-hydrogen) atoms. The van der Waals surface area contributed by atoms with E-state index in [4.69, 9.17) is 4.74 Å². The number of piperidine rings is 1. The van der Waals surface area contributed by atoms with Crippen LogP contribution in [0.1, 0.15) is 45.2 Å². The van der Waals surface area contributed by atoms with Crippen LogP contribution in [-0.2, 0) is 4.74 Å². The van der Waals surface area contributed by atoms with Crippen molar-refractivity contribution in [2.45, 2.75) is 45.1 Å². The number of carbonyl (C=O) groups is 1. The normalized spacial score (nSPS) is 16.6. The number of likely N-dealkylation sites (tertiary alicyclic amines) is 1. The molecule has 0 aliphatic carbocycles. The number of amides is 1. The SMILES string of the molecule is CC(C)(C)OC(=O)N1CCC([C@H](CO)c2cccc(Nc3ccn[nH]3)n2)CC1. The van der Waals surface area contributed by atoms with Gasteiger partial charge in [0, 0.05) is 30.8 Å². The van der Waals surface area contributed by atoms with Crippen LogP contribution in [0, 0.1) is 5.92 Å². The number of ether oxygens (including phenoxy) is 1. The van der Waals surface area contributed by atoms with Crippen LogP contribution < -0.4 is 5.32 Å². The summed E-state index contributed by atoms with van der Waals surface area (Å²) in [6.07, 6.45) is 3.02.